The number of hydrogen-bond acceptors (Lipinski definition) is 2. The minimum absolute atomic E-state index is 0.975. The zero-order chi connectivity index (χ0) is 7.11. The van der Waals surface area contributed by atoms with Crippen molar-refractivity contribution >= 4 is 0 Å². The van der Waals surface area contributed by atoms with Crippen molar-refractivity contribution in [1.29, 1.82) is 0 Å². The van der Waals surface area contributed by atoms with Gasteiger partial charge in [0.2, 0.25) is 0 Å². The third kappa shape index (κ3) is 5.53. The number of unbranched alkanes of at least 4 members (excludes halogenated alkanes) is 1. The van der Waals surface area contributed by atoms with Crippen molar-refractivity contribution < 1.29 is 4.84 Å². The molecule has 0 spiro atoms. The summed E-state index contributed by atoms with van der Waals surface area (Å²) in [5.74, 6) is 0. The number of nitrogens with zero attached hydrogens (tertiary/aromatic N) is 1. The number of hydroxylamine groups is 2. The summed E-state index contributed by atoms with van der Waals surface area (Å²) in [4.78, 5) is 4.90. The first-order chi connectivity index (χ1) is 4.31. The fourth-order valence-corrected chi connectivity index (χ4v) is 0.550. The van der Waals surface area contributed by atoms with Crippen LogP contribution in [0.3, 0.4) is 0 Å². The maximum Gasteiger partial charge on any atom is 0.0575 e. The van der Waals surface area contributed by atoms with Crippen molar-refractivity contribution in [3.63, 3.8) is 0 Å². The van der Waals surface area contributed by atoms with Gasteiger partial charge in [0, 0.05) is 13.6 Å². The van der Waals surface area contributed by atoms with Gasteiger partial charge in [0.25, 0.3) is 0 Å². The maximum absolute atomic E-state index is 4.90. The lowest BCUT2D eigenvalue weighted by molar-refractivity contribution is -0.109. The van der Waals surface area contributed by atoms with Crippen LogP contribution in [0.4, 0.5) is 0 Å². The van der Waals surface area contributed by atoms with E-state index in [0.29, 0.717) is 0 Å². The Kier molecular flexibility index (Phi) is 5.57. The molecule has 2 nitrogen and oxygen atoms in total. The third-order valence-corrected chi connectivity index (χ3v) is 1.19. The molecular formula is C7H15NO. The topological polar surface area (TPSA) is 12.5 Å². The highest BCUT2D eigenvalue weighted by atomic mass is 16.7. The Morgan fingerprint density at radius 3 is 2.78 bits per heavy atom. The molecule has 0 amide bonds. The lowest BCUT2D eigenvalue weighted by Gasteiger charge is -2.11. The molecule has 54 valence electrons. The van der Waals surface area contributed by atoms with E-state index in [1.54, 1.807) is 7.11 Å². The summed E-state index contributed by atoms with van der Waals surface area (Å²) in [6.45, 7) is 4.60. The Hall–Kier alpha value is -0.340. The van der Waals surface area contributed by atoms with Crippen LogP contribution in [-0.2, 0) is 4.84 Å². The first kappa shape index (κ1) is 8.66. The van der Waals surface area contributed by atoms with Crippen LogP contribution in [0.5, 0.6) is 0 Å². The quantitative estimate of drug-likeness (QED) is 0.316. The van der Waals surface area contributed by atoms with Gasteiger partial charge in [-0.2, -0.15) is 5.06 Å². The zero-order valence-electron chi connectivity index (χ0n) is 6.26. The Morgan fingerprint density at radius 2 is 2.33 bits per heavy atom. The molecule has 0 atom stereocenters. The van der Waals surface area contributed by atoms with Gasteiger partial charge < -0.3 is 4.84 Å². The smallest absolute Gasteiger partial charge is 0.0575 e. The lowest BCUT2D eigenvalue weighted by Crippen LogP contribution is -2.17. The summed E-state index contributed by atoms with van der Waals surface area (Å²) in [5, 5.41) is 1.81. The molecule has 0 aromatic rings. The van der Waals surface area contributed by atoms with E-state index in [2.05, 4.69) is 6.58 Å². The monoisotopic (exact) mass is 129 g/mol. The first-order valence-corrected chi connectivity index (χ1v) is 3.17. The van der Waals surface area contributed by atoms with Gasteiger partial charge >= 0.3 is 0 Å². The SMILES string of the molecule is C=CCCCN(C)OC. The van der Waals surface area contributed by atoms with Gasteiger partial charge in [0.15, 0.2) is 0 Å². The van der Waals surface area contributed by atoms with E-state index < -0.39 is 0 Å². The van der Waals surface area contributed by atoms with Crippen molar-refractivity contribution in [2.24, 2.45) is 0 Å². The Morgan fingerprint density at radius 1 is 1.67 bits per heavy atom. The molecule has 2 heteroatoms. The van der Waals surface area contributed by atoms with Crippen LogP contribution in [0.25, 0.3) is 0 Å². The summed E-state index contributed by atoms with van der Waals surface area (Å²) in [6, 6.07) is 0. The number of allylic oxidation sites excluding steroid dienone is 1. The average molecular weight is 129 g/mol. The highest BCUT2D eigenvalue weighted by molar-refractivity contribution is 4.65. The van der Waals surface area contributed by atoms with E-state index in [1.807, 2.05) is 18.2 Å². The Balaban J connectivity index is 2.96. The van der Waals surface area contributed by atoms with E-state index in [9.17, 15) is 0 Å². The van der Waals surface area contributed by atoms with Crippen LogP contribution < -0.4 is 0 Å². The summed E-state index contributed by atoms with van der Waals surface area (Å²) < 4.78 is 0. The number of rotatable bonds is 5. The summed E-state index contributed by atoms with van der Waals surface area (Å²) >= 11 is 0. The second-order valence-corrected chi connectivity index (χ2v) is 1.96. The predicted molar refractivity (Wildman–Crippen MR) is 39.1 cm³/mol. The molecule has 0 fully saturated rings. The molecule has 0 N–H and O–H groups in total. The van der Waals surface area contributed by atoms with Crippen LogP contribution in [0.15, 0.2) is 12.7 Å². The second kappa shape index (κ2) is 5.79. The van der Waals surface area contributed by atoms with E-state index >= 15 is 0 Å². The van der Waals surface area contributed by atoms with Crippen molar-refractivity contribution in [2.45, 2.75) is 12.8 Å². The summed E-state index contributed by atoms with van der Waals surface area (Å²) in [5.41, 5.74) is 0. The molecule has 0 unspecified atom stereocenters. The fourth-order valence-electron chi connectivity index (χ4n) is 0.550. The van der Waals surface area contributed by atoms with Crippen molar-refractivity contribution in [1.82, 2.24) is 5.06 Å². The highest BCUT2D eigenvalue weighted by Crippen LogP contribution is 1.91. The standard InChI is InChI=1S/C7H15NO/c1-4-5-6-7-8(2)9-3/h4H,1,5-7H2,2-3H3. The molecule has 0 aliphatic carbocycles. The van der Waals surface area contributed by atoms with Gasteiger partial charge in [0.05, 0.1) is 7.11 Å². The van der Waals surface area contributed by atoms with Gasteiger partial charge in [-0.15, -0.1) is 6.58 Å². The van der Waals surface area contributed by atoms with E-state index in [-0.39, 0.29) is 0 Å². The average Bonchev–Trinajstić information content (AvgIpc) is 1.89. The van der Waals surface area contributed by atoms with E-state index in [0.717, 1.165) is 19.4 Å². The molecule has 0 heterocycles. The van der Waals surface area contributed by atoms with Crippen LogP contribution >= 0.6 is 0 Å². The van der Waals surface area contributed by atoms with Crippen molar-refractivity contribution in [3.05, 3.63) is 12.7 Å². The van der Waals surface area contributed by atoms with Gasteiger partial charge in [-0.3, -0.25) is 0 Å². The molecule has 0 aliphatic heterocycles. The molecule has 0 aromatic heterocycles. The van der Waals surface area contributed by atoms with E-state index in [4.69, 9.17) is 4.84 Å². The highest BCUT2D eigenvalue weighted by Gasteiger charge is 1.90. The van der Waals surface area contributed by atoms with Crippen LogP contribution in [0.2, 0.25) is 0 Å². The van der Waals surface area contributed by atoms with Crippen LogP contribution in [0.1, 0.15) is 12.8 Å². The lowest BCUT2D eigenvalue weighted by atomic mass is 10.3. The normalized spacial score (nSPS) is 10.1. The molecular weight excluding hydrogens is 114 g/mol. The predicted octanol–water partition coefficient (Wildman–Crippen LogP) is 1.45. The minimum atomic E-state index is 0.975. The Labute approximate surface area is 57.1 Å². The van der Waals surface area contributed by atoms with Crippen LogP contribution in [0, 0.1) is 0 Å². The molecule has 0 bridgehead atoms. The second-order valence-electron chi connectivity index (χ2n) is 1.96. The van der Waals surface area contributed by atoms with Crippen molar-refractivity contribution in [3.8, 4) is 0 Å². The fraction of sp³-hybridized carbons (Fsp3) is 0.714. The van der Waals surface area contributed by atoms with Gasteiger partial charge in [-0.25, -0.2) is 0 Å². The zero-order valence-corrected chi connectivity index (χ0v) is 6.26. The van der Waals surface area contributed by atoms with Gasteiger partial charge in [0.1, 0.15) is 0 Å². The Bertz CT molecular complexity index is 73.3. The molecule has 9 heavy (non-hydrogen) atoms. The molecule has 0 radical (unpaired) electrons. The van der Waals surface area contributed by atoms with E-state index in [1.165, 1.54) is 0 Å². The van der Waals surface area contributed by atoms with Crippen molar-refractivity contribution in [2.75, 3.05) is 20.7 Å². The molecule has 0 aromatic carbocycles. The molecule has 0 saturated heterocycles. The minimum Gasteiger partial charge on any atom is -0.303 e. The van der Waals surface area contributed by atoms with Gasteiger partial charge in [-0.1, -0.05) is 6.08 Å². The molecule has 0 aliphatic rings. The summed E-state index contributed by atoms with van der Waals surface area (Å²) in [6.07, 6.45) is 4.10. The maximum atomic E-state index is 4.90. The van der Waals surface area contributed by atoms with Gasteiger partial charge in [-0.05, 0) is 12.8 Å². The van der Waals surface area contributed by atoms with Crippen LogP contribution in [-0.4, -0.2) is 25.8 Å². The summed E-state index contributed by atoms with van der Waals surface area (Å²) in [7, 11) is 3.59. The first-order valence-electron chi connectivity index (χ1n) is 3.17. The largest absolute Gasteiger partial charge is 0.303 e. The third-order valence-electron chi connectivity index (χ3n) is 1.19. The molecule has 0 saturated carbocycles. The number of hydrogen-bond donors (Lipinski definition) is 0. The molecule has 0 rings (SSSR count).